The predicted molar refractivity (Wildman–Crippen MR) is 173 cm³/mol. The number of sulfone groups is 1. The minimum atomic E-state index is -2.95. The van der Waals surface area contributed by atoms with Gasteiger partial charge in [-0.1, -0.05) is 62.4 Å². The van der Waals surface area contributed by atoms with Crippen LogP contribution in [0.2, 0.25) is 0 Å². The summed E-state index contributed by atoms with van der Waals surface area (Å²) in [4.78, 5) is 27.5. The molecule has 2 atom stereocenters. The SMILES string of the molecule is CSCCC(NC(=O)c1ccc(COC(CC2CCCCC2)CN2CCS(=O)(=O)CC2)cc1-c1ccccc1C)C(=O)O. The summed E-state index contributed by atoms with van der Waals surface area (Å²) in [6.45, 7) is 4.17. The number of hydrogen-bond acceptors (Lipinski definition) is 7. The molecule has 1 amide bonds. The molecule has 8 nitrogen and oxygen atoms in total. The first-order chi connectivity index (χ1) is 20.6. The van der Waals surface area contributed by atoms with Crippen LogP contribution in [0, 0.1) is 12.8 Å². The van der Waals surface area contributed by atoms with Gasteiger partial charge in [-0.05, 0) is 72.1 Å². The van der Waals surface area contributed by atoms with Crippen LogP contribution in [0.15, 0.2) is 42.5 Å². The van der Waals surface area contributed by atoms with E-state index in [-0.39, 0.29) is 17.6 Å². The maximum absolute atomic E-state index is 13.4. The van der Waals surface area contributed by atoms with Gasteiger partial charge in [-0.25, -0.2) is 13.2 Å². The minimum absolute atomic E-state index is 0.0125. The van der Waals surface area contributed by atoms with Crippen molar-refractivity contribution in [2.45, 2.75) is 70.6 Å². The standard InChI is InChI=1S/C33H46N2O6S2/c1-24-8-6-7-11-28(24)30-21-26(12-13-29(30)32(36)34-31(33(37)38)14-17-42-2)23-41-27(20-25-9-4-3-5-10-25)22-35-15-18-43(39,40)19-16-35/h6-8,11-13,21,25,27,31H,3-5,9-10,14-20,22-23H2,1-2H3,(H,34,36)(H,37,38). The molecule has 2 aromatic carbocycles. The molecule has 1 aliphatic carbocycles. The predicted octanol–water partition coefficient (Wildman–Crippen LogP) is 5.18. The lowest BCUT2D eigenvalue weighted by Gasteiger charge is -2.33. The van der Waals surface area contributed by atoms with Gasteiger partial charge < -0.3 is 15.2 Å². The van der Waals surface area contributed by atoms with Crippen LogP contribution in [0.3, 0.4) is 0 Å². The van der Waals surface area contributed by atoms with E-state index in [1.165, 1.54) is 32.1 Å². The van der Waals surface area contributed by atoms with Gasteiger partial charge in [0.2, 0.25) is 0 Å². The first kappa shape index (κ1) is 33.5. The van der Waals surface area contributed by atoms with Gasteiger partial charge in [-0.3, -0.25) is 9.69 Å². The van der Waals surface area contributed by atoms with E-state index in [0.29, 0.717) is 49.9 Å². The summed E-state index contributed by atoms with van der Waals surface area (Å²) in [7, 11) is -2.95. The highest BCUT2D eigenvalue weighted by Gasteiger charge is 2.27. The fourth-order valence-corrected chi connectivity index (χ4v) is 7.88. The Morgan fingerprint density at radius 1 is 1.07 bits per heavy atom. The van der Waals surface area contributed by atoms with Gasteiger partial charge >= 0.3 is 5.97 Å². The topological polar surface area (TPSA) is 113 Å². The number of aryl methyl sites for hydroxylation is 1. The second kappa shape index (κ2) is 16.1. The molecule has 0 bridgehead atoms. The zero-order valence-corrected chi connectivity index (χ0v) is 27.1. The number of thioether (sulfide) groups is 1. The molecule has 2 unspecified atom stereocenters. The van der Waals surface area contributed by atoms with Crippen molar-refractivity contribution in [3.8, 4) is 11.1 Å². The Hall–Kier alpha value is -2.40. The van der Waals surface area contributed by atoms with Gasteiger partial charge in [0.1, 0.15) is 6.04 Å². The summed E-state index contributed by atoms with van der Waals surface area (Å²) >= 11 is 1.55. The molecule has 1 saturated heterocycles. The summed E-state index contributed by atoms with van der Waals surface area (Å²) in [6, 6.07) is 12.6. The zero-order chi connectivity index (χ0) is 30.8. The number of hydrogen-bond donors (Lipinski definition) is 2. The van der Waals surface area contributed by atoms with Crippen LogP contribution >= 0.6 is 11.8 Å². The van der Waals surface area contributed by atoms with Gasteiger partial charge in [-0.15, -0.1) is 0 Å². The Balaban J connectivity index is 1.54. The summed E-state index contributed by atoms with van der Waals surface area (Å²) in [6.07, 6.45) is 9.42. The third-order valence-corrected chi connectivity index (χ3v) is 10.9. The number of carboxylic acids is 1. The number of amides is 1. The molecule has 10 heteroatoms. The molecule has 2 aromatic rings. The number of benzene rings is 2. The first-order valence-electron chi connectivity index (χ1n) is 15.4. The third-order valence-electron chi connectivity index (χ3n) is 8.68. The number of carbonyl (C=O) groups excluding carboxylic acids is 1. The molecule has 43 heavy (non-hydrogen) atoms. The Bertz CT molecular complexity index is 1330. The summed E-state index contributed by atoms with van der Waals surface area (Å²) in [5.74, 6) is 0.204. The summed E-state index contributed by atoms with van der Waals surface area (Å²) in [5, 5.41) is 12.4. The van der Waals surface area contributed by atoms with Gasteiger partial charge in [0, 0.05) is 25.2 Å². The molecule has 1 heterocycles. The maximum Gasteiger partial charge on any atom is 0.326 e. The summed E-state index contributed by atoms with van der Waals surface area (Å²) in [5.41, 5.74) is 4.04. The van der Waals surface area contributed by atoms with Gasteiger partial charge in [0.15, 0.2) is 9.84 Å². The number of nitrogens with zero attached hydrogens (tertiary/aromatic N) is 1. The number of aliphatic carboxylic acids is 1. The van der Waals surface area contributed by atoms with Crippen molar-refractivity contribution in [1.29, 1.82) is 0 Å². The van der Waals surface area contributed by atoms with Crippen LogP contribution in [0.4, 0.5) is 0 Å². The first-order valence-corrected chi connectivity index (χ1v) is 18.6. The van der Waals surface area contributed by atoms with E-state index in [1.807, 2.05) is 49.6 Å². The molecular weight excluding hydrogens is 585 g/mol. The van der Waals surface area contributed by atoms with Crippen molar-refractivity contribution < 1.29 is 27.9 Å². The smallest absolute Gasteiger partial charge is 0.326 e. The average Bonchev–Trinajstić information content (AvgIpc) is 2.99. The molecule has 0 aromatic heterocycles. The highest BCUT2D eigenvalue weighted by Crippen LogP contribution is 2.31. The molecule has 0 radical (unpaired) electrons. The Morgan fingerprint density at radius 2 is 1.79 bits per heavy atom. The zero-order valence-electron chi connectivity index (χ0n) is 25.4. The van der Waals surface area contributed by atoms with Crippen LogP contribution in [0.1, 0.15) is 66.4 Å². The van der Waals surface area contributed by atoms with Crippen molar-refractivity contribution in [2.75, 3.05) is 43.1 Å². The number of carbonyl (C=O) groups is 2. The van der Waals surface area contributed by atoms with Crippen LogP contribution < -0.4 is 5.32 Å². The van der Waals surface area contributed by atoms with Crippen LogP contribution in [0.25, 0.3) is 11.1 Å². The van der Waals surface area contributed by atoms with Crippen molar-refractivity contribution in [1.82, 2.24) is 10.2 Å². The van der Waals surface area contributed by atoms with Crippen LogP contribution in [0.5, 0.6) is 0 Å². The number of carboxylic acid groups (broad SMARTS) is 1. The largest absolute Gasteiger partial charge is 0.480 e. The maximum atomic E-state index is 13.4. The van der Waals surface area contributed by atoms with Crippen LogP contribution in [-0.4, -0.2) is 85.6 Å². The van der Waals surface area contributed by atoms with E-state index in [1.54, 1.807) is 17.8 Å². The fraction of sp³-hybridized carbons (Fsp3) is 0.576. The molecule has 1 aliphatic heterocycles. The average molecular weight is 631 g/mol. The third kappa shape index (κ3) is 10.1. The van der Waals surface area contributed by atoms with Gasteiger partial charge in [0.05, 0.1) is 24.2 Å². The molecule has 1 saturated carbocycles. The molecule has 236 valence electrons. The number of nitrogens with one attached hydrogen (secondary N) is 1. The van der Waals surface area contributed by atoms with Crippen molar-refractivity contribution in [3.05, 3.63) is 59.2 Å². The van der Waals surface area contributed by atoms with Crippen LogP contribution in [-0.2, 0) is 26.0 Å². The molecule has 0 spiro atoms. The van der Waals surface area contributed by atoms with Crippen molar-refractivity contribution in [3.63, 3.8) is 0 Å². The van der Waals surface area contributed by atoms with E-state index < -0.39 is 27.8 Å². The molecule has 2 fully saturated rings. The van der Waals surface area contributed by atoms with Crippen molar-refractivity contribution in [2.24, 2.45) is 5.92 Å². The highest BCUT2D eigenvalue weighted by atomic mass is 32.2. The van der Waals surface area contributed by atoms with E-state index in [4.69, 9.17) is 4.74 Å². The lowest BCUT2D eigenvalue weighted by molar-refractivity contribution is -0.139. The lowest BCUT2D eigenvalue weighted by Crippen LogP contribution is -2.44. The highest BCUT2D eigenvalue weighted by molar-refractivity contribution is 7.98. The minimum Gasteiger partial charge on any atom is -0.480 e. The Kier molecular flexibility index (Phi) is 12.5. The lowest BCUT2D eigenvalue weighted by atomic mass is 9.85. The fourth-order valence-electron chi connectivity index (χ4n) is 6.13. The summed E-state index contributed by atoms with van der Waals surface area (Å²) < 4.78 is 30.5. The van der Waals surface area contributed by atoms with E-state index in [9.17, 15) is 23.1 Å². The van der Waals surface area contributed by atoms with E-state index in [0.717, 1.165) is 28.7 Å². The Labute approximate surface area is 260 Å². The quantitative estimate of drug-likeness (QED) is 0.294. The number of ether oxygens (including phenoxy) is 1. The molecule has 2 N–H and O–H groups in total. The monoisotopic (exact) mass is 630 g/mol. The Morgan fingerprint density at radius 3 is 2.47 bits per heavy atom. The molecular formula is C33H46N2O6S2. The molecule has 2 aliphatic rings. The van der Waals surface area contributed by atoms with E-state index in [2.05, 4.69) is 10.2 Å². The van der Waals surface area contributed by atoms with Gasteiger partial charge in [0.25, 0.3) is 5.91 Å². The second-order valence-electron chi connectivity index (χ2n) is 12.0. The van der Waals surface area contributed by atoms with Crippen molar-refractivity contribution >= 4 is 33.5 Å². The molecule has 4 rings (SSSR count). The second-order valence-corrected chi connectivity index (χ2v) is 15.3. The van der Waals surface area contributed by atoms with E-state index >= 15 is 0 Å². The number of rotatable bonds is 14. The van der Waals surface area contributed by atoms with Gasteiger partial charge in [-0.2, -0.15) is 11.8 Å². The normalized spacial score (nSPS) is 19.0.